The molecule has 0 aliphatic rings. The van der Waals surface area contributed by atoms with Crippen molar-refractivity contribution >= 4 is 10.4 Å². The standard InChI is InChI=1S/C12H7F3O4S/c13-8-6-9(14)12(19-20(16,17)18)11(15)10(8)7-4-2-1-3-5-7/h1-6H,(H,16,17,18). The Morgan fingerprint density at radius 1 is 1.00 bits per heavy atom. The summed E-state index contributed by atoms with van der Waals surface area (Å²) in [5.74, 6) is -5.77. The Kier molecular flexibility index (Phi) is 3.69. The van der Waals surface area contributed by atoms with Gasteiger partial charge in [0.2, 0.25) is 5.75 Å². The highest BCUT2D eigenvalue weighted by atomic mass is 32.3. The van der Waals surface area contributed by atoms with Gasteiger partial charge in [-0.25, -0.2) is 13.2 Å². The summed E-state index contributed by atoms with van der Waals surface area (Å²) in [6.07, 6.45) is 0. The molecule has 0 saturated heterocycles. The van der Waals surface area contributed by atoms with Gasteiger partial charge in [0.05, 0.1) is 5.56 Å². The smallest absolute Gasteiger partial charge is 0.355 e. The maximum atomic E-state index is 14.0. The lowest BCUT2D eigenvalue weighted by molar-refractivity contribution is 0.363. The molecule has 2 aromatic rings. The van der Waals surface area contributed by atoms with Gasteiger partial charge in [-0.15, -0.1) is 0 Å². The van der Waals surface area contributed by atoms with E-state index >= 15 is 0 Å². The third-order valence-electron chi connectivity index (χ3n) is 2.38. The van der Waals surface area contributed by atoms with E-state index in [9.17, 15) is 21.6 Å². The highest BCUT2D eigenvalue weighted by molar-refractivity contribution is 7.81. The molecule has 0 heterocycles. The number of rotatable bonds is 3. The molecule has 0 aliphatic heterocycles. The van der Waals surface area contributed by atoms with Gasteiger partial charge in [-0.1, -0.05) is 30.3 Å². The zero-order valence-electron chi connectivity index (χ0n) is 9.68. The lowest BCUT2D eigenvalue weighted by Gasteiger charge is -2.10. The molecule has 0 saturated carbocycles. The van der Waals surface area contributed by atoms with Crippen molar-refractivity contribution in [3.8, 4) is 16.9 Å². The van der Waals surface area contributed by atoms with Crippen molar-refractivity contribution < 1.29 is 30.3 Å². The maximum Gasteiger partial charge on any atom is 0.446 e. The Balaban J connectivity index is 2.68. The molecule has 4 nitrogen and oxygen atoms in total. The number of benzene rings is 2. The third kappa shape index (κ3) is 2.91. The highest BCUT2D eigenvalue weighted by Crippen LogP contribution is 2.34. The van der Waals surface area contributed by atoms with Gasteiger partial charge in [0.15, 0.2) is 11.6 Å². The SMILES string of the molecule is O=S(=O)(O)Oc1c(F)cc(F)c(-c2ccccc2)c1F. The molecule has 8 heteroatoms. The third-order valence-corrected chi connectivity index (χ3v) is 2.76. The first-order valence-electron chi connectivity index (χ1n) is 5.19. The maximum absolute atomic E-state index is 14.0. The molecule has 2 aromatic carbocycles. The van der Waals surface area contributed by atoms with Gasteiger partial charge < -0.3 is 4.18 Å². The first kappa shape index (κ1) is 14.4. The fraction of sp³-hybridized carbons (Fsp3) is 0. The van der Waals surface area contributed by atoms with E-state index < -0.39 is 39.2 Å². The fourth-order valence-corrected chi connectivity index (χ4v) is 1.99. The highest BCUT2D eigenvalue weighted by Gasteiger charge is 2.24. The zero-order valence-corrected chi connectivity index (χ0v) is 10.5. The Morgan fingerprint density at radius 2 is 1.60 bits per heavy atom. The van der Waals surface area contributed by atoms with Crippen LogP contribution in [0.15, 0.2) is 36.4 Å². The lowest BCUT2D eigenvalue weighted by Crippen LogP contribution is -2.10. The number of hydrogen-bond donors (Lipinski definition) is 1. The molecular weight excluding hydrogens is 297 g/mol. The van der Waals surface area contributed by atoms with E-state index in [0.717, 1.165) is 0 Å². The van der Waals surface area contributed by atoms with Gasteiger partial charge >= 0.3 is 10.4 Å². The quantitative estimate of drug-likeness (QED) is 0.886. The summed E-state index contributed by atoms with van der Waals surface area (Å²) in [6, 6.07) is 7.53. The van der Waals surface area contributed by atoms with Crippen LogP contribution in [0.2, 0.25) is 0 Å². The Morgan fingerprint density at radius 3 is 2.15 bits per heavy atom. The molecule has 2 rings (SSSR count). The molecule has 0 bridgehead atoms. The Labute approximate surface area is 112 Å². The average Bonchev–Trinajstić information content (AvgIpc) is 2.34. The van der Waals surface area contributed by atoms with E-state index in [0.29, 0.717) is 0 Å². The van der Waals surface area contributed by atoms with Crippen LogP contribution in [0.4, 0.5) is 13.2 Å². The van der Waals surface area contributed by atoms with Crippen molar-refractivity contribution in [2.24, 2.45) is 0 Å². The average molecular weight is 304 g/mol. The van der Waals surface area contributed by atoms with Crippen LogP contribution >= 0.6 is 0 Å². The van der Waals surface area contributed by atoms with Gasteiger partial charge in [-0.05, 0) is 5.56 Å². The summed E-state index contributed by atoms with van der Waals surface area (Å²) in [6.45, 7) is 0. The largest absolute Gasteiger partial charge is 0.446 e. The van der Waals surface area contributed by atoms with Crippen molar-refractivity contribution in [3.05, 3.63) is 53.8 Å². The van der Waals surface area contributed by atoms with E-state index in [1.165, 1.54) is 24.3 Å². The summed E-state index contributed by atoms with van der Waals surface area (Å²) >= 11 is 0. The van der Waals surface area contributed by atoms with E-state index in [1.54, 1.807) is 6.07 Å². The monoisotopic (exact) mass is 304 g/mol. The van der Waals surface area contributed by atoms with Crippen LogP contribution in [-0.2, 0) is 10.4 Å². The van der Waals surface area contributed by atoms with E-state index in [2.05, 4.69) is 4.18 Å². The van der Waals surface area contributed by atoms with E-state index in [4.69, 9.17) is 4.55 Å². The van der Waals surface area contributed by atoms with Crippen molar-refractivity contribution in [2.75, 3.05) is 0 Å². The minimum atomic E-state index is -5.14. The summed E-state index contributed by atoms with van der Waals surface area (Å²) in [4.78, 5) is 0. The lowest BCUT2D eigenvalue weighted by atomic mass is 10.0. The topological polar surface area (TPSA) is 63.6 Å². The van der Waals surface area contributed by atoms with Gasteiger partial charge in [-0.3, -0.25) is 4.55 Å². The van der Waals surface area contributed by atoms with Crippen LogP contribution in [0.5, 0.6) is 5.75 Å². The molecule has 0 aliphatic carbocycles. The van der Waals surface area contributed by atoms with Gasteiger partial charge in [0.25, 0.3) is 0 Å². The molecule has 0 radical (unpaired) electrons. The molecular formula is C12H7F3O4S. The predicted molar refractivity (Wildman–Crippen MR) is 63.9 cm³/mol. The summed E-state index contributed by atoms with van der Waals surface area (Å²) in [7, 11) is -5.14. The molecule has 0 atom stereocenters. The van der Waals surface area contributed by atoms with Crippen molar-refractivity contribution in [1.82, 2.24) is 0 Å². The minimum absolute atomic E-state index is 0.0580. The second-order valence-electron chi connectivity index (χ2n) is 3.74. The van der Waals surface area contributed by atoms with Crippen LogP contribution in [-0.4, -0.2) is 13.0 Å². The summed E-state index contributed by atoms with van der Waals surface area (Å²) in [5.41, 5.74) is -0.603. The molecule has 0 unspecified atom stereocenters. The first-order valence-corrected chi connectivity index (χ1v) is 6.56. The van der Waals surface area contributed by atoms with E-state index in [1.807, 2.05) is 0 Å². The zero-order chi connectivity index (χ0) is 14.9. The Hall–Kier alpha value is -2.06. The molecule has 1 N–H and O–H groups in total. The number of hydrogen-bond acceptors (Lipinski definition) is 3. The molecule has 0 spiro atoms. The van der Waals surface area contributed by atoms with Crippen LogP contribution in [0, 0.1) is 17.5 Å². The van der Waals surface area contributed by atoms with Crippen molar-refractivity contribution in [2.45, 2.75) is 0 Å². The molecule has 0 fully saturated rings. The molecule has 0 amide bonds. The normalized spacial score (nSPS) is 11.4. The second kappa shape index (κ2) is 5.14. The van der Waals surface area contributed by atoms with Gasteiger partial charge in [0.1, 0.15) is 5.82 Å². The minimum Gasteiger partial charge on any atom is -0.355 e. The number of halogens is 3. The molecule has 0 aromatic heterocycles. The predicted octanol–water partition coefficient (Wildman–Crippen LogP) is 2.95. The second-order valence-corrected chi connectivity index (χ2v) is 4.76. The fourth-order valence-electron chi connectivity index (χ4n) is 1.62. The van der Waals surface area contributed by atoms with Crippen LogP contribution < -0.4 is 4.18 Å². The van der Waals surface area contributed by atoms with Crippen LogP contribution in [0.1, 0.15) is 0 Å². The van der Waals surface area contributed by atoms with Gasteiger partial charge in [-0.2, -0.15) is 8.42 Å². The summed E-state index contributed by atoms with van der Waals surface area (Å²) < 4.78 is 74.4. The first-order chi connectivity index (χ1) is 9.29. The Bertz CT molecular complexity index is 745. The van der Waals surface area contributed by atoms with Crippen molar-refractivity contribution in [3.63, 3.8) is 0 Å². The summed E-state index contributed by atoms with van der Waals surface area (Å²) in [5, 5.41) is 0. The molecule has 106 valence electrons. The van der Waals surface area contributed by atoms with Crippen molar-refractivity contribution in [1.29, 1.82) is 0 Å². The van der Waals surface area contributed by atoms with Crippen LogP contribution in [0.25, 0.3) is 11.1 Å². The van der Waals surface area contributed by atoms with Gasteiger partial charge in [0, 0.05) is 6.07 Å². The van der Waals surface area contributed by atoms with Crippen LogP contribution in [0.3, 0.4) is 0 Å². The molecule has 20 heavy (non-hydrogen) atoms. The van der Waals surface area contributed by atoms with E-state index in [-0.39, 0.29) is 11.6 Å².